The molecule has 0 aliphatic rings. The van der Waals surface area contributed by atoms with Crippen LogP contribution >= 0.6 is 23.2 Å². The maximum absolute atomic E-state index is 12.7. The summed E-state index contributed by atoms with van der Waals surface area (Å²) in [6, 6.07) is 20.7. The number of nitrogens with zero attached hydrogens (tertiary/aromatic N) is 1. The van der Waals surface area contributed by atoms with E-state index in [4.69, 9.17) is 41.8 Å². The van der Waals surface area contributed by atoms with E-state index in [2.05, 4.69) is 11.4 Å². The molecule has 0 spiro atoms. The van der Waals surface area contributed by atoms with Crippen LogP contribution in [0.5, 0.6) is 11.5 Å². The van der Waals surface area contributed by atoms with Gasteiger partial charge in [-0.25, -0.2) is 4.79 Å². The molecular weight excluding hydrogens is 531 g/mol. The lowest BCUT2D eigenvalue weighted by Crippen LogP contribution is -2.21. The Morgan fingerprint density at radius 3 is 2.11 bits per heavy atom. The number of furan rings is 1. The van der Waals surface area contributed by atoms with Crippen LogP contribution in [0.15, 0.2) is 71.1 Å². The maximum atomic E-state index is 12.7. The van der Waals surface area contributed by atoms with Crippen molar-refractivity contribution >= 4 is 41.0 Å². The minimum absolute atomic E-state index is 0.0191. The molecule has 10 heteroatoms. The summed E-state index contributed by atoms with van der Waals surface area (Å²) in [6.45, 7) is -0.650. The quantitative estimate of drug-likeness (QED) is 0.246. The number of amides is 1. The van der Waals surface area contributed by atoms with Crippen molar-refractivity contribution in [3.63, 3.8) is 0 Å². The van der Waals surface area contributed by atoms with Crippen molar-refractivity contribution in [1.29, 1.82) is 5.26 Å². The Bertz CT molecular complexity index is 1520. The summed E-state index contributed by atoms with van der Waals surface area (Å²) < 4.78 is 21.5. The first-order valence-corrected chi connectivity index (χ1v) is 11.9. The van der Waals surface area contributed by atoms with E-state index < -0.39 is 18.5 Å². The lowest BCUT2D eigenvalue weighted by atomic mass is 9.98. The topological polar surface area (TPSA) is 111 Å². The van der Waals surface area contributed by atoms with Gasteiger partial charge in [-0.05, 0) is 54.1 Å². The van der Waals surface area contributed by atoms with Gasteiger partial charge in [0, 0.05) is 11.1 Å². The third-order valence-electron chi connectivity index (χ3n) is 5.51. The van der Waals surface area contributed by atoms with E-state index in [1.807, 2.05) is 0 Å². The second kappa shape index (κ2) is 11.7. The molecule has 1 aromatic heterocycles. The van der Waals surface area contributed by atoms with Gasteiger partial charge in [-0.15, -0.1) is 0 Å². The highest BCUT2D eigenvalue weighted by atomic mass is 35.5. The van der Waals surface area contributed by atoms with Gasteiger partial charge < -0.3 is 18.6 Å². The van der Waals surface area contributed by atoms with Gasteiger partial charge in [-0.1, -0.05) is 41.4 Å². The number of carbonyl (C=O) groups excluding carboxylic acids is 2. The molecule has 8 nitrogen and oxygen atoms in total. The first-order chi connectivity index (χ1) is 18.4. The Kier molecular flexibility index (Phi) is 8.22. The predicted octanol–water partition coefficient (Wildman–Crippen LogP) is 6.60. The molecule has 3 aromatic carbocycles. The Labute approximate surface area is 228 Å². The molecule has 0 radical (unpaired) electrons. The molecule has 0 unspecified atom stereocenters. The molecule has 0 fully saturated rings. The smallest absolute Gasteiger partial charge is 0.340 e. The number of nitriles is 1. The standard InChI is InChI=1S/C28H20Cl2N2O6/c1-35-18-10-6-16(7-11-18)24-21(14-31)27(38-26(24)17-8-12-19(36-2)13-9-17)32-23(33)15-37-28(34)20-4-3-5-22(29)25(20)30/h3-13H,15H2,1-2H3,(H,32,33). The van der Waals surface area contributed by atoms with E-state index in [1.165, 1.54) is 18.2 Å². The molecule has 4 aromatic rings. The van der Waals surface area contributed by atoms with Gasteiger partial charge in [-0.2, -0.15) is 5.26 Å². The second-order valence-electron chi connectivity index (χ2n) is 7.80. The number of hydrogen-bond acceptors (Lipinski definition) is 7. The monoisotopic (exact) mass is 550 g/mol. The normalized spacial score (nSPS) is 10.4. The number of halogens is 2. The number of methoxy groups -OCH3 is 2. The van der Waals surface area contributed by atoms with Gasteiger partial charge >= 0.3 is 5.97 Å². The van der Waals surface area contributed by atoms with Crippen molar-refractivity contribution < 1.29 is 28.2 Å². The fraction of sp³-hybridized carbons (Fsp3) is 0.107. The Balaban J connectivity index is 1.64. The molecule has 0 saturated heterocycles. The summed E-state index contributed by atoms with van der Waals surface area (Å²) in [5.41, 5.74) is 1.90. The number of carbonyl (C=O) groups is 2. The van der Waals surface area contributed by atoms with Gasteiger partial charge in [0.15, 0.2) is 6.61 Å². The molecule has 0 atom stereocenters. The summed E-state index contributed by atoms with van der Waals surface area (Å²) in [7, 11) is 3.11. The zero-order valence-corrected chi connectivity index (χ0v) is 21.7. The number of rotatable bonds is 8. The summed E-state index contributed by atoms with van der Waals surface area (Å²) in [5.74, 6) is -0.00744. The van der Waals surface area contributed by atoms with Crippen molar-refractivity contribution in [2.45, 2.75) is 0 Å². The summed E-state index contributed by atoms with van der Waals surface area (Å²) in [4.78, 5) is 25.1. The highest BCUT2D eigenvalue weighted by Gasteiger charge is 2.25. The van der Waals surface area contributed by atoms with Crippen LogP contribution in [0.25, 0.3) is 22.5 Å². The van der Waals surface area contributed by atoms with Crippen molar-refractivity contribution in [1.82, 2.24) is 0 Å². The van der Waals surface area contributed by atoms with Crippen LogP contribution in [0.2, 0.25) is 10.0 Å². The van der Waals surface area contributed by atoms with Crippen LogP contribution in [0.1, 0.15) is 15.9 Å². The van der Waals surface area contributed by atoms with Crippen molar-refractivity contribution in [3.05, 3.63) is 87.9 Å². The van der Waals surface area contributed by atoms with Gasteiger partial charge in [0.25, 0.3) is 5.91 Å². The number of esters is 1. The molecule has 0 aliphatic heterocycles. The lowest BCUT2D eigenvalue weighted by Gasteiger charge is -2.07. The molecule has 0 saturated carbocycles. The number of anilines is 1. The van der Waals surface area contributed by atoms with Gasteiger partial charge in [-0.3, -0.25) is 10.1 Å². The fourth-order valence-electron chi connectivity index (χ4n) is 3.64. The highest BCUT2D eigenvalue weighted by Crippen LogP contribution is 2.42. The van der Waals surface area contributed by atoms with Crippen LogP contribution in [-0.4, -0.2) is 32.7 Å². The first kappa shape index (κ1) is 26.6. The van der Waals surface area contributed by atoms with Gasteiger partial charge in [0.2, 0.25) is 5.88 Å². The van der Waals surface area contributed by atoms with Crippen molar-refractivity contribution in [2.24, 2.45) is 0 Å². The third-order valence-corrected chi connectivity index (χ3v) is 6.33. The average molecular weight is 551 g/mol. The van der Waals surface area contributed by atoms with Crippen LogP contribution in [-0.2, 0) is 9.53 Å². The van der Waals surface area contributed by atoms with Crippen LogP contribution in [0.4, 0.5) is 5.88 Å². The molecule has 1 amide bonds. The summed E-state index contributed by atoms with van der Waals surface area (Å²) >= 11 is 12.0. The maximum Gasteiger partial charge on any atom is 0.340 e. The molecule has 0 bridgehead atoms. The van der Waals surface area contributed by atoms with Gasteiger partial charge in [0.05, 0.1) is 29.8 Å². The average Bonchev–Trinajstić information content (AvgIpc) is 3.31. The van der Waals surface area contributed by atoms with E-state index in [0.717, 1.165) is 0 Å². The van der Waals surface area contributed by atoms with E-state index >= 15 is 0 Å². The second-order valence-corrected chi connectivity index (χ2v) is 8.59. The van der Waals surface area contributed by atoms with E-state index in [0.29, 0.717) is 33.9 Å². The number of hydrogen-bond donors (Lipinski definition) is 1. The SMILES string of the molecule is COc1ccc(-c2oc(NC(=O)COC(=O)c3cccc(Cl)c3Cl)c(C#N)c2-c2ccc(OC)cc2)cc1. The number of nitrogens with one attached hydrogen (secondary N) is 1. The largest absolute Gasteiger partial charge is 0.497 e. The van der Waals surface area contributed by atoms with Crippen LogP contribution in [0, 0.1) is 11.3 Å². The summed E-state index contributed by atoms with van der Waals surface area (Å²) in [5, 5.41) is 12.7. The zero-order valence-electron chi connectivity index (χ0n) is 20.2. The van der Waals surface area contributed by atoms with Crippen LogP contribution < -0.4 is 14.8 Å². The zero-order chi connectivity index (χ0) is 27.2. The molecular formula is C28H20Cl2N2O6. The number of benzene rings is 3. The highest BCUT2D eigenvalue weighted by molar-refractivity contribution is 6.43. The Morgan fingerprint density at radius 2 is 1.53 bits per heavy atom. The number of ether oxygens (including phenoxy) is 3. The lowest BCUT2D eigenvalue weighted by molar-refractivity contribution is -0.119. The molecule has 38 heavy (non-hydrogen) atoms. The minimum atomic E-state index is -0.828. The van der Waals surface area contributed by atoms with Crippen molar-refractivity contribution in [2.75, 3.05) is 26.1 Å². The Morgan fingerprint density at radius 1 is 0.921 bits per heavy atom. The predicted molar refractivity (Wildman–Crippen MR) is 143 cm³/mol. The minimum Gasteiger partial charge on any atom is -0.497 e. The third kappa shape index (κ3) is 5.59. The molecule has 1 heterocycles. The fourth-order valence-corrected chi connectivity index (χ4v) is 4.02. The first-order valence-electron chi connectivity index (χ1n) is 11.1. The molecule has 192 valence electrons. The van der Waals surface area contributed by atoms with E-state index in [-0.39, 0.29) is 27.1 Å². The van der Waals surface area contributed by atoms with Gasteiger partial charge in [0.1, 0.15) is 28.9 Å². The molecule has 4 rings (SSSR count). The Hall–Kier alpha value is -4.45. The van der Waals surface area contributed by atoms with Crippen LogP contribution in [0.3, 0.4) is 0 Å². The summed E-state index contributed by atoms with van der Waals surface area (Å²) in [6.07, 6.45) is 0. The molecule has 1 N–H and O–H groups in total. The van der Waals surface area contributed by atoms with Crippen molar-refractivity contribution in [3.8, 4) is 40.0 Å². The molecule has 0 aliphatic carbocycles. The van der Waals surface area contributed by atoms with E-state index in [9.17, 15) is 14.9 Å². The van der Waals surface area contributed by atoms with E-state index in [1.54, 1.807) is 62.8 Å².